The maximum absolute atomic E-state index is 12.2. The lowest BCUT2D eigenvalue weighted by Crippen LogP contribution is -2.43. The van der Waals surface area contributed by atoms with Crippen molar-refractivity contribution in [3.8, 4) is 5.75 Å². The molecule has 0 spiro atoms. The minimum Gasteiger partial charge on any atom is -0.481 e. The molecule has 2 atom stereocenters. The van der Waals surface area contributed by atoms with E-state index in [0.717, 1.165) is 0 Å². The van der Waals surface area contributed by atoms with Gasteiger partial charge in [-0.2, -0.15) is 0 Å². The zero-order valence-electron chi connectivity index (χ0n) is 12.5. The summed E-state index contributed by atoms with van der Waals surface area (Å²) in [6, 6.07) is 14.5. The summed E-state index contributed by atoms with van der Waals surface area (Å²) in [4.78, 5) is 23.8. The molecular formula is C17H17ClN2O3. The Morgan fingerprint density at radius 2 is 1.70 bits per heavy atom. The Balaban J connectivity index is 2.03. The van der Waals surface area contributed by atoms with Crippen molar-refractivity contribution in [3.63, 3.8) is 0 Å². The number of amides is 2. The smallest absolute Gasteiger partial charge is 0.261 e. The van der Waals surface area contributed by atoms with Crippen LogP contribution in [0.2, 0.25) is 5.02 Å². The summed E-state index contributed by atoms with van der Waals surface area (Å²) in [6.45, 7) is 1.59. The van der Waals surface area contributed by atoms with Crippen molar-refractivity contribution in [1.29, 1.82) is 0 Å². The fourth-order valence-corrected chi connectivity index (χ4v) is 2.12. The third kappa shape index (κ3) is 4.72. The third-order valence-corrected chi connectivity index (χ3v) is 3.45. The van der Waals surface area contributed by atoms with Gasteiger partial charge in [0.25, 0.3) is 5.91 Å². The van der Waals surface area contributed by atoms with Gasteiger partial charge in [0.1, 0.15) is 11.8 Å². The van der Waals surface area contributed by atoms with Crippen LogP contribution in [0, 0.1) is 0 Å². The molecule has 0 aliphatic rings. The van der Waals surface area contributed by atoms with E-state index in [4.69, 9.17) is 22.1 Å². The second-order valence-corrected chi connectivity index (χ2v) is 5.41. The van der Waals surface area contributed by atoms with Crippen LogP contribution in [0.25, 0.3) is 0 Å². The van der Waals surface area contributed by atoms with E-state index >= 15 is 0 Å². The highest BCUT2D eigenvalue weighted by molar-refractivity contribution is 6.30. The molecule has 0 aliphatic carbocycles. The van der Waals surface area contributed by atoms with Crippen LogP contribution in [0.1, 0.15) is 18.5 Å². The summed E-state index contributed by atoms with van der Waals surface area (Å²) in [7, 11) is 0. The fraction of sp³-hybridized carbons (Fsp3) is 0.176. The van der Waals surface area contributed by atoms with Crippen molar-refractivity contribution in [2.45, 2.75) is 19.1 Å². The molecule has 2 aromatic carbocycles. The minimum atomic E-state index is -0.903. The molecular weight excluding hydrogens is 316 g/mol. The van der Waals surface area contributed by atoms with Gasteiger partial charge < -0.3 is 15.8 Å². The van der Waals surface area contributed by atoms with Gasteiger partial charge in [-0.1, -0.05) is 41.9 Å². The zero-order valence-corrected chi connectivity index (χ0v) is 13.3. The first-order valence-corrected chi connectivity index (χ1v) is 7.42. The van der Waals surface area contributed by atoms with Crippen LogP contribution in [0.4, 0.5) is 0 Å². The highest BCUT2D eigenvalue weighted by Crippen LogP contribution is 2.17. The van der Waals surface area contributed by atoms with Crippen LogP contribution in [-0.2, 0) is 9.59 Å². The third-order valence-electron chi connectivity index (χ3n) is 3.20. The first-order chi connectivity index (χ1) is 11.0. The van der Waals surface area contributed by atoms with Gasteiger partial charge >= 0.3 is 0 Å². The second kappa shape index (κ2) is 7.65. The standard InChI is InChI=1S/C17H17ClN2O3/c1-11(23-14-9-7-13(18)8-10-14)17(22)20-15(16(19)21)12-5-3-2-4-6-12/h2-11,15H,1H3,(H2,19,21)(H,20,22). The lowest BCUT2D eigenvalue weighted by molar-refractivity contribution is -0.131. The molecule has 5 nitrogen and oxygen atoms in total. The van der Waals surface area contributed by atoms with Crippen LogP contribution >= 0.6 is 11.6 Å². The van der Waals surface area contributed by atoms with Crippen molar-refractivity contribution in [2.24, 2.45) is 5.73 Å². The van der Waals surface area contributed by atoms with Crippen LogP contribution in [-0.4, -0.2) is 17.9 Å². The Bertz CT molecular complexity index is 674. The highest BCUT2D eigenvalue weighted by Gasteiger charge is 2.23. The second-order valence-electron chi connectivity index (χ2n) is 4.97. The maximum Gasteiger partial charge on any atom is 0.261 e. The van der Waals surface area contributed by atoms with Gasteiger partial charge in [0, 0.05) is 5.02 Å². The maximum atomic E-state index is 12.2. The van der Waals surface area contributed by atoms with Gasteiger partial charge in [0.05, 0.1) is 0 Å². The number of hydrogen-bond donors (Lipinski definition) is 2. The lowest BCUT2D eigenvalue weighted by atomic mass is 10.1. The highest BCUT2D eigenvalue weighted by atomic mass is 35.5. The van der Waals surface area contributed by atoms with E-state index in [-0.39, 0.29) is 0 Å². The number of nitrogens with two attached hydrogens (primary N) is 1. The summed E-state index contributed by atoms with van der Waals surface area (Å²) >= 11 is 5.80. The molecule has 0 saturated carbocycles. The molecule has 23 heavy (non-hydrogen) atoms. The molecule has 0 saturated heterocycles. The summed E-state index contributed by atoms with van der Waals surface area (Å²) < 4.78 is 5.52. The van der Waals surface area contributed by atoms with E-state index in [2.05, 4.69) is 5.32 Å². The van der Waals surface area contributed by atoms with E-state index < -0.39 is 24.0 Å². The van der Waals surface area contributed by atoms with E-state index in [9.17, 15) is 9.59 Å². The van der Waals surface area contributed by atoms with E-state index in [1.54, 1.807) is 55.5 Å². The number of halogens is 1. The predicted molar refractivity (Wildman–Crippen MR) is 88.1 cm³/mol. The van der Waals surface area contributed by atoms with Gasteiger partial charge in [-0.3, -0.25) is 9.59 Å². The molecule has 2 amide bonds. The number of carbonyl (C=O) groups excluding carboxylic acids is 2. The summed E-state index contributed by atoms with van der Waals surface area (Å²) in [5.41, 5.74) is 5.99. The van der Waals surface area contributed by atoms with Crippen molar-refractivity contribution < 1.29 is 14.3 Å². The molecule has 120 valence electrons. The van der Waals surface area contributed by atoms with Crippen LogP contribution < -0.4 is 15.8 Å². The largest absolute Gasteiger partial charge is 0.481 e. The zero-order chi connectivity index (χ0) is 16.8. The molecule has 0 heterocycles. The number of nitrogens with one attached hydrogen (secondary N) is 1. The van der Waals surface area contributed by atoms with Gasteiger partial charge in [-0.25, -0.2) is 0 Å². The monoisotopic (exact) mass is 332 g/mol. The van der Waals surface area contributed by atoms with Crippen molar-refractivity contribution in [2.75, 3.05) is 0 Å². The molecule has 6 heteroatoms. The topological polar surface area (TPSA) is 81.4 Å². The van der Waals surface area contributed by atoms with E-state index in [1.807, 2.05) is 6.07 Å². The molecule has 0 bridgehead atoms. The summed E-state index contributed by atoms with van der Waals surface area (Å²) in [5, 5.41) is 3.18. The molecule has 3 N–H and O–H groups in total. The fourth-order valence-electron chi connectivity index (χ4n) is 1.99. The number of benzene rings is 2. The summed E-state index contributed by atoms with van der Waals surface area (Å²) in [6.07, 6.45) is -0.790. The Labute approximate surface area is 139 Å². The van der Waals surface area contributed by atoms with Crippen molar-refractivity contribution in [3.05, 3.63) is 65.2 Å². The first-order valence-electron chi connectivity index (χ1n) is 7.04. The Morgan fingerprint density at radius 1 is 1.09 bits per heavy atom. The quantitative estimate of drug-likeness (QED) is 0.852. The average molecular weight is 333 g/mol. The minimum absolute atomic E-state index is 0.437. The van der Waals surface area contributed by atoms with Crippen LogP contribution in [0.3, 0.4) is 0 Å². The molecule has 0 aromatic heterocycles. The van der Waals surface area contributed by atoms with E-state index in [0.29, 0.717) is 16.3 Å². The first kappa shape index (κ1) is 16.8. The SMILES string of the molecule is CC(Oc1ccc(Cl)cc1)C(=O)NC(C(N)=O)c1ccccc1. The molecule has 0 aliphatic heterocycles. The van der Waals surface area contributed by atoms with Gasteiger partial charge in [-0.05, 0) is 36.8 Å². The predicted octanol–water partition coefficient (Wildman–Crippen LogP) is 2.45. The van der Waals surface area contributed by atoms with Crippen molar-refractivity contribution >= 4 is 23.4 Å². The number of carbonyl (C=O) groups is 2. The number of hydrogen-bond acceptors (Lipinski definition) is 3. The normalized spacial score (nSPS) is 13.0. The number of primary amides is 1. The Kier molecular flexibility index (Phi) is 5.60. The van der Waals surface area contributed by atoms with Crippen molar-refractivity contribution in [1.82, 2.24) is 5.32 Å². The molecule has 0 fully saturated rings. The van der Waals surface area contributed by atoms with Gasteiger partial charge in [-0.15, -0.1) is 0 Å². The van der Waals surface area contributed by atoms with Crippen LogP contribution in [0.15, 0.2) is 54.6 Å². The van der Waals surface area contributed by atoms with Gasteiger partial charge in [0.2, 0.25) is 5.91 Å². The lowest BCUT2D eigenvalue weighted by Gasteiger charge is -2.19. The molecule has 2 unspecified atom stereocenters. The van der Waals surface area contributed by atoms with Crippen LogP contribution in [0.5, 0.6) is 5.75 Å². The average Bonchev–Trinajstić information content (AvgIpc) is 2.55. The molecule has 2 aromatic rings. The molecule has 0 radical (unpaired) electrons. The Hall–Kier alpha value is -2.53. The van der Waals surface area contributed by atoms with Gasteiger partial charge in [0.15, 0.2) is 6.10 Å². The van der Waals surface area contributed by atoms with E-state index in [1.165, 1.54) is 0 Å². The number of ether oxygens (including phenoxy) is 1. The molecule has 2 rings (SSSR count). The summed E-state index contributed by atoms with van der Waals surface area (Å²) in [5.74, 6) is -0.566. The number of rotatable bonds is 6. The Morgan fingerprint density at radius 3 is 2.26 bits per heavy atom.